The molecule has 3 aromatic rings. The molecule has 2 N–H and O–H groups in total. The van der Waals surface area contributed by atoms with Crippen LogP contribution < -0.4 is 10.6 Å². The zero-order valence-electron chi connectivity index (χ0n) is 13.7. The summed E-state index contributed by atoms with van der Waals surface area (Å²) in [7, 11) is -0.276. The molecule has 24 heavy (non-hydrogen) atoms. The van der Waals surface area contributed by atoms with Crippen LogP contribution in [0.25, 0.3) is 5.65 Å². The summed E-state index contributed by atoms with van der Waals surface area (Å²) in [5.41, 5.74) is 1.90. The van der Waals surface area contributed by atoms with E-state index in [0.29, 0.717) is 12.2 Å². The number of aryl methyl sites for hydroxylation is 1. The molecule has 8 heteroatoms. The fraction of sp³-hybridized carbons (Fsp3) is 0.250. The fourth-order valence-electron chi connectivity index (χ4n) is 2.61. The molecule has 0 amide bonds. The minimum atomic E-state index is -3.74. The lowest BCUT2D eigenvalue weighted by Gasteiger charge is -2.07. The lowest BCUT2D eigenvalue weighted by molar-refractivity contribution is 0.597. The monoisotopic (exact) mass is 345 g/mol. The first-order valence-electron chi connectivity index (χ1n) is 7.50. The minimum absolute atomic E-state index is 0.0947. The van der Waals surface area contributed by atoms with Gasteiger partial charge in [0.05, 0.1) is 10.6 Å². The first-order valence-corrected chi connectivity index (χ1v) is 8.99. The number of anilines is 1. The molecule has 0 aliphatic carbocycles. The third kappa shape index (κ3) is 2.63. The van der Waals surface area contributed by atoms with Gasteiger partial charge in [-0.3, -0.25) is 0 Å². The molecule has 0 saturated heterocycles. The van der Waals surface area contributed by atoms with E-state index in [-0.39, 0.29) is 15.6 Å². The highest BCUT2D eigenvalue weighted by Gasteiger charge is 2.28. The molecule has 7 nitrogen and oxygen atoms in total. The molecule has 2 aromatic heterocycles. The van der Waals surface area contributed by atoms with E-state index in [4.69, 9.17) is 0 Å². The molecular weight excluding hydrogens is 326 g/mol. The molecule has 0 spiro atoms. The third-order valence-corrected chi connectivity index (χ3v) is 5.50. The van der Waals surface area contributed by atoms with Gasteiger partial charge >= 0.3 is 0 Å². The molecule has 0 saturated carbocycles. The van der Waals surface area contributed by atoms with Gasteiger partial charge in [-0.25, -0.2) is 17.9 Å². The Kier molecular flexibility index (Phi) is 4.25. The zero-order valence-corrected chi connectivity index (χ0v) is 14.6. The van der Waals surface area contributed by atoms with Crippen LogP contribution in [0.2, 0.25) is 0 Å². The Hall–Kier alpha value is -2.45. The summed E-state index contributed by atoms with van der Waals surface area (Å²) in [6.07, 6.45) is 0. The highest BCUT2D eigenvalue weighted by molar-refractivity contribution is 7.91. The lowest BCUT2D eigenvalue weighted by Crippen LogP contribution is -2.10. The molecule has 2 heterocycles. The number of hydrogen-bond acceptors (Lipinski definition) is 6. The van der Waals surface area contributed by atoms with Crippen molar-refractivity contribution >= 4 is 21.3 Å². The van der Waals surface area contributed by atoms with Crippen molar-refractivity contribution < 1.29 is 8.42 Å². The van der Waals surface area contributed by atoms with Gasteiger partial charge in [-0.15, -0.1) is 5.10 Å². The van der Waals surface area contributed by atoms with Crippen LogP contribution in [0.3, 0.4) is 0 Å². The molecule has 0 unspecified atom stereocenters. The zero-order chi connectivity index (χ0) is 17.3. The van der Waals surface area contributed by atoms with E-state index in [1.807, 2.05) is 20.0 Å². The summed E-state index contributed by atoms with van der Waals surface area (Å²) in [5.74, 6) is 0.288. The number of hydrogen-bond donors (Lipinski definition) is 2. The van der Waals surface area contributed by atoms with E-state index in [9.17, 15) is 8.42 Å². The Labute approximate surface area is 140 Å². The second-order valence-electron chi connectivity index (χ2n) is 5.40. The van der Waals surface area contributed by atoms with Crippen LogP contribution in [0.1, 0.15) is 11.4 Å². The standard InChI is InChI=1S/C16H19N5O2S/c1-11-9-12(10-17-2)19-16-14(15(18-3)20-21(11)16)24(22,23)13-7-5-4-6-8-13/h4-9,17H,10H2,1-3H3,(H,18,20). The van der Waals surface area contributed by atoms with Gasteiger partial charge < -0.3 is 10.6 Å². The number of aromatic nitrogens is 3. The van der Waals surface area contributed by atoms with Gasteiger partial charge in [0.15, 0.2) is 16.4 Å². The maximum absolute atomic E-state index is 13.1. The molecule has 0 aliphatic heterocycles. The summed E-state index contributed by atoms with van der Waals surface area (Å²) in [5, 5.41) is 10.3. The van der Waals surface area contributed by atoms with Crippen molar-refractivity contribution in [3.8, 4) is 0 Å². The van der Waals surface area contributed by atoms with Crippen molar-refractivity contribution in [3.05, 3.63) is 47.8 Å². The fourth-order valence-corrected chi connectivity index (χ4v) is 4.13. The average molecular weight is 345 g/mol. The number of benzene rings is 1. The Morgan fingerprint density at radius 3 is 2.50 bits per heavy atom. The molecule has 126 valence electrons. The van der Waals surface area contributed by atoms with Gasteiger partial charge in [0.2, 0.25) is 9.84 Å². The molecule has 0 atom stereocenters. The summed E-state index contributed by atoms with van der Waals surface area (Å²) in [6.45, 7) is 2.42. The van der Waals surface area contributed by atoms with Crippen molar-refractivity contribution in [2.24, 2.45) is 0 Å². The van der Waals surface area contributed by atoms with Crippen molar-refractivity contribution in [1.82, 2.24) is 19.9 Å². The van der Waals surface area contributed by atoms with Gasteiger partial charge in [0.25, 0.3) is 0 Å². The van der Waals surface area contributed by atoms with Crippen molar-refractivity contribution in [3.63, 3.8) is 0 Å². The average Bonchev–Trinajstić information content (AvgIpc) is 2.96. The van der Waals surface area contributed by atoms with Gasteiger partial charge in [-0.2, -0.15) is 0 Å². The number of nitrogens with one attached hydrogen (secondary N) is 2. The largest absolute Gasteiger partial charge is 0.370 e. The van der Waals surface area contributed by atoms with Gasteiger partial charge in [0, 0.05) is 19.3 Å². The summed E-state index contributed by atoms with van der Waals surface area (Å²) in [4.78, 5) is 4.82. The molecule has 0 aliphatic rings. The van der Waals surface area contributed by atoms with Crippen LogP contribution in [0, 0.1) is 6.92 Å². The SMILES string of the molecule is CNCc1cc(C)n2nc(NC)c(S(=O)(=O)c3ccccc3)c2n1. The molecule has 0 fully saturated rings. The van der Waals surface area contributed by atoms with Gasteiger partial charge in [-0.1, -0.05) is 18.2 Å². The van der Waals surface area contributed by atoms with Crippen molar-refractivity contribution in [2.45, 2.75) is 23.3 Å². The van der Waals surface area contributed by atoms with Crippen molar-refractivity contribution in [2.75, 3.05) is 19.4 Å². The van der Waals surface area contributed by atoms with E-state index in [1.54, 1.807) is 41.9 Å². The van der Waals surface area contributed by atoms with E-state index in [0.717, 1.165) is 11.4 Å². The summed E-state index contributed by atoms with van der Waals surface area (Å²) >= 11 is 0. The molecular formula is C16H19N5O2S. The van der Waals surface area contributed by atoms with E-state index in [1.165, 1.54) is 0 Å². The smallest absolute Gasteiger partial charge is 0.214 e. The van der Waals surface area contributed by atoms with E-state index < -0.39 is 9.84 Å². The van der Waals surface area contributed by atoms with Crippen LogP contribution in [0.15, 0.2) is 46.2 Å². The minimum Gasteiger partial charge on any atom is -0.370 e. The quantitative estimate of drug-likeness (QED) is 0.731. The predicted octanol–water partition coefficient (Wildman–Crippen LogP) is 1.63. The maximum atomic E-state index is 13.1. The first kappa shape index (κ1) is 16.4. The second-order valence-corrected chi connectivity index (χ2v) is 7.29. The normalized spacial score (nSPS) is 11.8. The second kappa shape index (κ2) is 6.21. The van der Waals surface area contributed by atoms with Crippen LogP contribution in [0.4, 0.5) is 5.82 Å². The highest BCUT2D eigenvalue weighted by Crippen LogP contribution is 2.30. The van der Waals surface area contributed by atoms with Crippen molar-refractivity contribution in [1.29, 1.82) is 0 Å². The number of fused-ring (bicyclic) bond motifs is 1. The highest BCUT2D eigenvalue weighted by atomic mass is 32.2. The van der Waals surface area contributed by atoms with Crippen LogP contribution >= 0.6 is 0 Å². The molecule has 0 radical (unpaired) electrons. The Balaban J connectivity index is 2.34. The Bertz CT molecular complexity index is 981. The molecule has 0 bridgehead atoms. The summed E-state index contributed by atoms with van der Waals surface area (Å²) in [6, 6.07) is 10.2. The van der Waals surface area contributed by atoms with Crippen LogP contribution in [-0.2, 0) is 16.4 Å². The lowest BCUT2D eigenvalue weighted by atomic mass is 10.3. The van der Waals surface area contributed by atoms with E-state index >= 15 is 0 Å². The topological polar surface area (TPSA) is 88.4 Å². The number of rotatable bonds is 5. The number of nitrogens with zero attached hydrogens (tertiary/aromatic N) is 3. The Morgan fingerprint density at radius 2 is 1.88 bits per heavy atom. The predicted molar refractivity (Wildman–Crippen MR) is 91.9 cm³/mol. The van der Waals surface area contributed by atoms with Gasteiger partial charge in [-0.05, 0) is 32.2 Å². The summed E-state index contributed by atoms with van der Waals surface area (Å²) < 4.78 is 27.8. The van der Waals surface area contributed by atoms with E-state index in [2.05, 4.69) is 20.7 Å². The molecule has 3 rings (SSSR count). The van der Waals surface area contributed by atoms with Crippen LogP contribution in [0.5, 0.6) is 0 Å². The maximum Gasteiger partial charge on any atom is 0.214 e. The third-order valence-electron chi connectivity index (χ3n) is 3.69. The molecule has 1 aromatic carbocycles. The van der Waals surface area contributed by atoms with Gasteiger partial charge in [0.1, 0.15) is 0 Å². The van der Waals surface area contributed by atoms with Crippen LogP contribution in [-0.4, -0.2) is 37.1 Å². The number of sulfone groups is 1. The first-order chi connectivity index (χ1) is 11.5. The Morgan fingerprint density at radius 1 is 1.17 bits per heavy atom.